The van der Waals surface area contributed by atoms with Crippen LogP contribution in [0.4, 0.5) is 5.95 Å². The molecule has 102 valence electrons. The van der Waals surface area contributed by atoms with E-state index in [1.165, 1.54) is 12.1 Å². The van der Waals surface area contributed by atoms with E-state index in [2.05, 4.69) is 15.5 Å². The highest BCUT2D eigenvalue weighted by molar-refractivity contribution is 5.91. The molecule has 2 N–H and O–H groups in total. The van der Waals surface area contributed by atoms with Gasteiger partial charge in [-0.1, -0.05) is 12.1 Å². The number of rotatable bonds is 2. The summed E-state index contributed by atoms with van der Waals surface area (Å²) in [6.07, 6.45) is 0.276. The van der Waals surface area contributed by atoms with Gasteiger partial charge in [-0.15, -0.1) is 10.2 Å². The fourth-order valence-electron chi connectivity index (χ4n) is 2.39. The van der Waals surface area contributed by atoms with Crippen LogP contribution >= 0.6 is 0 Å². The van der Waals surface area contributed by atoms with Gasteiger partial charge in [-0.2, -0.15) is 0 Å². The number of fused-ring (bicyclic) bond motifs is 1. The van der Waals surface area contributed by atoms with Crippen LogP contribution in [0, 0.1) is 6.92 Å². The molecule has 1 amide bonds. The van der Waals surface area contributed by atoms with E-state index < -0.39 is 5.97 Å². The molecule has 2 heterocycles. The average Bonchev–Trinajstić information content (AvgIpc) is 2.79. The fraction of sp³-hybridized carbons (Fsp3) is 0.231. The Morgan fingerprint density at radius 1 is 1.35 bits per heavy atom. The normalized spacial score (nSPS) is 17.4. The summed E-state index contributed by atoms with van der Waals surface area (Å²) in [6.45, 7) is 1.81. The van der Waals surface area contributed by atoms with Gasteiger partial charge in [0.1, 0.15) is 5.82 Å². The van der Waals surface area contributed by atoms with E-state index in [4.69, 9.17) is 5.11 Å². The van der Waals surface area contributed by atoms with Gasteiger partial charge in [0.25, 0.3) is 0 Å². The average molecular weight is 272 g/mol. The second-order valence-electron chi connectivity index (χ2n) is 4.64. The molecule has 2 aromatic rings. The number of amides is 1. The van der Waals surface area contributed by atoms with Crippen LogP contribution in [-0.4, -0.2) is 31.7 Å². The van der Waals surface area contributed by atoms with Gasteiger partial charge in [0, 0.05) is 0 Å². The number of hydrogen-bond donors (Lipinski definition) is 2. The van der Waals surface area contributed by atoms with Crippen LogP contribution in [0.25, 0.3) is 0 Å². The number of carbonyl (C=O) groups is 2. The Kier molecular flexibility index (Phi) is 2.74. The predicted octanol–water partition coefficient (Wildman–Crippen LogP) is 1.22. The zero-order valence-corrected chi connectivity index (χ0v) is 10.7. The maximum Gasteiger partial charge on any atom is 0.335 e. The van der Waals surface area contributed by atoms with Gasteiger partial charge in [-0.3, -0.25) is 14.7 Å². The van der Waals surface area contributed by atoms with Gasteiger partial charge in [0.05, 0.1) is 18.0 Å². The van der Waals surface area contributed by atoms with Gasteiger partial charge >= 0.3 is 5.97 Å². The second-order valence-corrected chi connectivity index (χ2v) is 4.64. The first-order valence-electron chi connectivity index (χ1n) is 6.11. The predicted molar refractivity (Wildman–Crippen MR) is 69.5 cm³/mol. The molecule has 1 aromatic carbocycles. The highest BCUT2D eigenvalue weighted by Crippen LogP contribution is 2.30. The molecule has 0 radical (unpaired) electrons. The molecule has 0 spiro atoms. The Labute approximate surface area is 114 Å². The van der Waals surface area contributed by atoms with Crippen molar-refractivity contribution in [2.24, 2.45) is 0 Å². The van der Waals surface area contributed by atoms with Crippen molar-refractivity contribution < 1.29 is 14.7 Å². The third kappa shape index (κ3) is 1.93. The largest absolute Gasteiger partial charge is 0.478 e. The molecule has 0 bridgehead atoms. The molecule has 0 saturated carbocycles. The minimum absolute atomic E-state index is 0.128. The van der Waals surface area contributed by atoms with Crippen molar-refractivity contribution in [3.63, 3.8) is 0 Å². The lowest BCUT2D eigenvalue weighted by molar-refractivity contribution is -0.117. The van der Waals surface area contributed by atoms with Crippen LogP contribution in [0.1, 0.15) is 34.2 Å². The monoisotopic (exact) mass is 272 g/mol. The van der Waals surface area contributed by atoms with Crippen LogP contribution in [-0.2, 0) is 4.79 Å². The van der Waals surface area contributed by atoms with Crippen molar-refractivity contribution in [3.8, 4) is 0 Å². The molecule has 1 atom stereocenters. The standard InChI is InChI=1S/C13H12N4O3/c1-7-15-16-13-14-11(18)6-10(17(7)13)8-2-4-9(5-3-8)12(19)20/h2-5,10H,6H2,1H3,(H,19,20)(H,14,16,18). The molecule has 7 nitrogen and oxygen atoms in total. The number of nitrogens with zero attached hydrogens (tertiary/aromatic N) is 3. The van der Waals surface area contributed by atoms with Gasteiger partial charge in [-0.25, -0.2) is 4.79 Å². The van der Waals surface area contributed by atoms with Gasteiger partial charge in [-0.05, 0) is 24.6 Å². The number of benzene rings is 1. The number of carbonyl (C=O) groups excluding carboxylic acids is 1. The van der Waals surface area contributed by atoms with Crippen molar-refractivity contribution in [2.45, 2.75) is 19.4 Å². The Morgan fingerprint density at radius 2 is 2.05 bits per heavy atom. The molecule has 7 heteroatoms. The zero-order valence-electron chi connectivity index (χ0n) is 10.7. The molecule has 1 aromatic heterocycles. The fourth-order valence-corrected chi connectivity index (χ4v) is 2.39. The van der Waals surface area contributed by atoms with E-state index in [-0.39, 0.29) is 23.9 Å². The Balaban J connectivity index is 2.03. The summed E-state index contributed by atoms with van der Waals surface area (Å²) < 4.78 is 1.84. The van der Waals surface area contributed by atoms with E-state index in [1.54, 1.807) is 12.1 Å². The number of hydrogen-bond acceptors (Lipinski definition) is 4. The van der Waals surface area contributed by atoms with Crippen LogP contribution in [0.3, 0.4) is 0 Å². The molecule has 3 rings (SSSR count). The highest BCUT2D eigenvalue weighted by Gasteiger charge is 2.28. The van der Waals surface area contributed by atoms with Crippen LogP contribution < -0.4 is 5.32 Å². The number of aromatic nitrogens is 3. The van der Waals surface area contributed by atoms with Crippen LogP contribution in [0.5, 0.6) is 0 Å². The summed E-state index contributed by atoms with van der Waals surface area (Å²) in [5, 5.41) is 19.4. The van der Waals surface area contributed by atoms with Gasteiger partial charge < -0.3 is 5.11 Å². The summed E-state index contributed by atoms with van der Waals surface area (Å²) in [5.74, 6) is 0.0229. The third-order valence-corrected chi connectivity index (χ3v) is 3.35. The molecule has 0 fully saturated rings. The number of aryl methyl sites for hydroxylation is 1. The molecule has 1 unspecified atom stereocenters. The van der Waals surface area contributed by atoms with Crippen molar-refractivity contribution in [1.29, 1.82) is 0 Å². The molecule has 0 aliphatic carbocycles. The van der Waals surface area contributed by atoms with E-state index in [9.17, 15) is 9.59 Å². The van der Waals surface area contributed by atoms with Gasteiger partial charge in [0.15, 0.2) is 0 Å². The van der Waals surface area contributed by atoms with Gasteiger partial charge in [0.2, 0.25) is 11.9 Å². The summed E-state index contributed by atoms with van der Waals surface area (Å²) in [6, 6.07) is 6.29. The lowest BCUT2D eigenvalue weighted by Crippen LogP contribution is -2.29. The van der Waals surface area contributed by atoms with Crippen LogP contribution in [0.15, 0.2) is 24.3 Å². The number of carboxylic acids is 1. The SMILES string of the molecule is Cc1nnc2n1C(c1ccc(C(=O)O)cc1)CC(=O)N2. The summed E-state index contributed by atoms with van der Waals surface area (Å²) >= 11 is 0. The van der Waals surface area contributed by atoms with Crippen molar-refractivity contribution in [3.05, 3.63) is 41.2 Å². The number of carboxylic acid groups (broad SMARTS) is 1. The second kappa shape index (κ2) is 4.44. The maximum atomic E-state index is 11.7. The van der Waals surface area contributed by atoms with E-state index in [0.717, 1.165) is 5.56 Å². The highest BCUT2D eigenvalue weighted by atomic mass is 16.4. The molecular weight excluding hydrogens is 260 g/mol. The maximum absolute atomic E-state index is 11.7. The zero-order chi connectivity index (χ0) is 14.3. The lowest BCUT2D eigenvalue weighted by Gasteiger charge is -2.25. The molecule has 1 aliphatic rings. The Morgan fingerprint density at radius 3 is 2.70 bits per heavy atom. The molecule has 1 aliphatic heterocycles. The van der Waals surface area contributed by atoms with E-state index in [1.807, 2.05) is 11.5 Å². The Hall–Kier alpha value is -2.70. The lowest BCUT2D eigenvalue weighted by atomic mass is 10.00. The van der Waals surface area contributed by atoms with Crippen molar-refractivity contribution in [2.75, 3.05) is 5.32 Å². The Bertz CT molecular complexity index is 690. The first-order chi connectivity index (χ1) is 9.56. The van der Waals surface area contributed by atoms with Crippen molar-refractivity contribution >= 4 is 17.8 Å². The molecule has 20 heavy (non-hydrogen) atoms. The smallest absolute Gasteiger partial charge is 0.335 e. The first kappa shape index (κ1) is 12.3. The van der Waals surface area contributed by atoms with Crippen LogP contribution in [0.2, 0.25) is 0 Å². The topological polar surface area (TPSA) is 97.1 Å². The third-order valence-electron chi connectivity index (χ3n) is 3.35. The van der Waals surface area contributed by atoms with Crippen molar-refractivity contribution in [1.82, 2.24) is 14.8 Å². The number of nitrogens with one attached hydrogen (secondary N) is 1. The number of anilines is 1. The summed E-state index contributed by atoms with van der Waals surface area (Å²) in [5.41, 5.74) is 1.07. The summed E-state index contributed by atoms with van der Waals surface area (Å²) in [4.78, 5) is 22.6. The number of aromatic carboxylic acids is 1. The quantitative estimate of drug-likeness (QED) is 0.856. The van der Waals surface area contributed by atoms with E-state index >= 15 is 0 Å². The molecule has 0 saturated heterocycles. The minimum atomic E-state index is -0.973. The van der Waals surface area contributed by atoms with E-state index in [0.29, 0.717) is 11.8 Å². The first-order valence-corrected chi connectivity index (χ1v) is 6.11. The molecular formula is C13H12N4O3. The summed E-state index contributed by atoms with van der Waals surface area (Å²) in [7, 11) is 0. The minimum Gasteiger partial charge on any atom is -0.478 e.